The van der Waals surface area contributed by atoms with Gasteiger partial charge in [-0.1, -0.05) is 0 Å². The first-order valence-electron chi connectivity index (χ1n) is 6.18. The molecule has 2 aliphatic rings. The van der Waals surface area contributed by atoms with E-state index in [2.05, 4.69) is 18.7 Å². The fraction of sp³-hybridized carbons (Fsp3) is 1.00. The summed E-state index contributed by atoms with van der Waals surface area (Å²) in [6.45, 7) is 6.89. The van der Waals surface area contributed by atoms with Crippen LogP contribution in [0.15, 0.2) is 0 Å². The van der Waals surface area contributed by atoms with Gasteiger partial charge in [-0.15, -0.1) is 0 Å². The average Bonchev–Trinajstić information content (AvgIpc) is 2.50. The quantitative estimate of drug-likeness (QED) is 0.746. The summed E-state index contributed by atoms with van der Waals surface area (Å²) in [5.74, 6) is 1.89. The monoisotopic (exact) mass is 196 g/mol. The zero-order valence-corrected chi connectivity index (χ0v) is 9.58. The molecule has 1 saturated heterocycles. The summed E-state index contributed by atoms with van der Waals surface area (Å²) in [4.78, 5) is 2.71. The lowest BCUT2D eigenvalue weighted by molar-refractivity contribution is 0.194. The van der Waals surface area contributed by atoms with E-state index in [1.54, 1.807) is 0 Å². The van der Waals surface area contributed by atoms with Crippen molar-refractivity contribution >= 4 is 0 Å². The van der Waals surface area contributed by atoms with Gasteiger partial charge in [-0.3, -0.25) is 4.90 Å². The maximum atomic E-state index is 5.67. The molecule has 1 aliphatic carbocycles. The molecule has 2 rings (SSSR count). The highest BCUT2D eigenvalue weighted by Crippen LogP contribution is 2.41. The Morgan fingerprint density at radius 3 is 2.79 bits per heavy atom. The van der Waals surface area contributed by atoms with Crippen molar-refractivity contribution in [1.29, 1.82) is 0 Å². The van der Waals surface area contributed by atoms with Crippen LogP contribution in [0.25, 0.3) is 0 Å². The molecule has 82 valence electrons. The van der Waals surface area contributed by atoms with Crippen molar-refractivity contribution < 1.29 is 0 Å². The van der Waals surface area contributed by atoms with E-state index in [0.717, 1.165) is 30.5 Å². The third kappa shape index (κ3) is 1.82. The van der Waals surface area contributed by atoms with E-state index in [-0.39, 0.29) is 0 Å². The number of rotatable bonds is 3. The SMILES string of the molecule is CC(C)N1CC2CC1CCC2CCN. The number of nitrogens with two attached hydrogens (primary N) is 1. The highest BCUT2D eigenvalue weighted by Gasteiger charge is 2.40. The second-order valence-electron chi connectivity index (χ2n) is 5.35. The number of hydrogen-bond donors (Lipinski definition) is 1. The molecule has 2 fully saturated rings. The second-order valence-corrected chi connectivity index (χ2v) is 5.35. The molecule has 0 aromatic rings. The smallest absolute Gasteiger partial charge is 0.0101 e. The molecule has 2 N–H and O–H groups in total. The Labute approximate surface area is 87.8 Å². The molecule has 2 bridgehead atoms. The summed E-state index contributed by atoms with van der Waals surface area (Å²) in [6.07, 6.45) is 5.54. The highest BCUT2D eigenvalue weighted by atomic mass is 15.2. The first kappa shape index (κ1) is 10.4. The van der Waals surface area contributed by atoms with Gasteiger partial charge in [0.15, 0.2) is 0 Å². The van der Waals surface area contributed by atoms with Crippen LogP contribution in [0.2, 0.25) is 0 Å². The fourth-order valence-electron chi connectivity index (χ4n) is 3.47. The van der Waals surface area contributed by atoms with Gasteiger partial charge in [-0.05, 0) is 57.9 Å². The van der Waals surface area contributed by atoms with Crippen molar-refractivity contribution in [2.24, 2.45) is 17.6 Å². The molecule has 0 radical (unpaired) electrons. The van der Waals surface area contributed by atoms with Gasteiger partial charge in [0.1, 0.15) is 0 Å². The zero-order chi connectivity index (χ0) is 10.1. The van der Waals surface area contributed by atoms with Crippen LogP contribution in [0.4, 0.5) is 0 Å². The Kier molecular flexibility index (Phi) is 3.13. The van der Waals surface area contributed by atoms with Crippen LogP contribution in [-0.4, -0.2) is 30.1 Å². The van der Waals surface area contributed by atoms with Crippen LogP contribution in [0.5, 0.6) is 0 Å². The van der Waals surface area contributed by atoms with Gasteiger partial charge in [0.05, 0.1) is 0 Å². The van der Waals surface area contributed by atoms with Crippen molar-refractivity contribution in [3.05, 3.63) is 0 Å². The van der Waals surface area contributed by atoms with E-state index >= 15 is 0 Å². The number of nitrogens with zero attached hydrogens (tertiary/aromatic N) is 1. The summed E-state index contributed by atoms with van der Waals surface area (Å²) in [7, 11) is 0. The first-order valence-corrected chi connectivity index (χ1v) is 6.18. The molecule has 14 heavy (non-hydrogen) atoms. The van der Waals surface area contributed by atoms with Crippen LogP contribution >= 0.6 is 0 Å². The lowest BCUT2D eigenvalue weighted by Crippen LogP contribution is -2.34. The molecule has 0 amide bonds. The Morgan fingerprint density at radius 2 is 2.14 bits per heavy atom. The molecule has 0 aromatic heterocycles. The maximum absolute atomic E-state index is 5.67. The largest absolute Gasteiger partial charge is 0.330 e. The maximum Gasteiger partial charge on any atom is 0.0101 e. The summed E-state index contributed by atoms with van der Waals surface area (Å²) in [6, 6.07) is 1.63. The molecule has 1 saturated carbocycles. The Bertz CT molecular complexity index is 191. The van der Waals surface area contributed by atoms with Crippen molar-refractivity contribution in [2.75, 3.05) is 13.1 Å². The molecular weight excluding hydrogens is 172 g/mol. The third-order valence-corrected chi connectivity index (χ3v) is 4.23. The minimum Gasteiger partial charge on any atom is -0.330 e. The van der Waals surface area contributed by atoms with E-state index in [1.165, 1.54) is 32.2 Å². The minimum absolute atomic E-state index is 0.738. The van der Waals surface area contributed by atoms with Crippen LogP contribution < -0.4 is 5.73 Å². The number of hydrogen-bond acceptors (Lipinski definition) is 2. The third-order valence-electron chi connectivity index (χ3n) is 4.23. The molecule has 0 spiro atoms. The van der Waals surface area contributed by atoms with Gasteiger partial charge in [0, 0.05) is 18.6 Å². The Hall–Kier alpha value is -0.0800. The highest BCUT2D eigenvalue weighted by molar-refractivity contribution is 4.94. The number of fused-ring (bicyclic) bond motifs is 2. The molecule has 3 unspecified atom stereocenters. The van der Waals surface area contributed by atoms with E-state index in [1.807, 2.05) is 0 Å². The fourth-order valence-corrected chi connectivity index (χ4v) is 3.47. The van der Waals surface area contributed by atoms with Gasteiger partial charge in [0.2, 0.25) is 0 Å². The summed E-state index contributed by atoms with van der Waals surface area (Å²) in [5.41, 5.74) is 5.67. The van der Waals surface area contributed by atoms with E-state index in [9.17, 15) is 0 Å². The van der Waals surface area contributed by atoms with Gasteiger partial charge in [-0.25, -0.2) is 0 Å². The Balaban J connectivity index is 1.96. The first-order chi connectivity index (χ1) is 6.72. The van der Waals surface area contributed by atoms with E-state index in [4.69, 9.17) is 5.73 Å². The predicted molar refractivity (Wildman–Crippen MR) is 60.1 cm³/mol. The zero-order valence-electron chi connectivity index (χ0n) is 9.58. The second kappa shape index (κ2) is 4.19. The molecule has 1 aliphatic heterocycles. The van der Waals surface area contributed by atoms with Crippen molar-refractivity contribution in [2.45, 2.75) is 51.6 Å². The van der Waals surface area contributed by atoms with Crippen LogP contribution in [0.1, 0.15) is 39.5 Å². The molecule has 3 atom stereocenters. The average molecular weight is 196 g/mol. The van der Waals surface area contributed by atoms with E-state index < -0.39 is 0 Å². The summed E-state index contributed by atoms with van der Waals surface area (Å²) < 4.78 is 0. The van der Waals surface area contributed by atoms with Crippen LogP contribution in [0.3, 0.4) is 0 Å². The lowest BCUT2D eigenvalue weighted by Gasteiger charge is -2.29. The lowest BCUT2D eigenvalue weighted by atomic mass is 9.78. The van der Waals surface area contributed by atoms with Crippen molar-refractivity contribution in [3.63, 3.8) is 0 Å². The molecule has 1 heterocycles. The Morgan fingerprint density at radius 1 is 1.36 bits per heavy atom. The van der Waals surface area contributed by atoms with Gasteiger partial charge in [0.25, 0.3) is 0 Å². The van der Waals surface area contributed by atoms with Gasteiger partial charge >= 0.3 is 0 Å². The van der Waals surface area contributed by atoms with Crippen LogP contribution in [-0.2, 0) is 0 Å². The van der Waals surface area contributed by atoms with Gasteiger partial charge < -0.3 is 5.73 Å². The summed E-state index contributed by atoms with van der Waals surface area (Å²) >= 11 is 0. The van der Waals surface area contributed by atoms with Gasteiger partial charge in [-0.2, -0.15) is 0 Å². The van der Waals surface area contributed by atoms with Crippen molar-refractivity contribution in [3.8, 4) is 0 Å². The topological polar surface area (TPSA) is 29.3 Å². The normalized spacial score (nSPS) is 38.1. The minimum atomic E-state index is 0.738. The molecule has 2 heteroatoms. The summed E-state index contributed by atoms with van der Waals surface area (Å²) in [5, 5.41) is 0. The van der Waals surface area contributed by atoms with Crippen LogP contribution in [0, 0.1) is 11.8 Å². The molecule has 2 nitrogen and oxygen atoms in total. The molecule has 0 aromatic carbocycles. The number of likely N-dealkylation sites (tertiary alicyclic amines) is 1. The molecular formula is C12H24N2. The van der Waals surface area contributed by atoms with Crippen molar-refractivity contribution in [1.82, 2.24) is 4.90 Å². The van der Waals surface area contributed by atoms with E-state index in [0.29, 0.717) is 0 Å². The standard InChI is InChI=1S/C12H24N2/c1-9(2)14-8-11-7-12(14)4-3-10(11)5-6-13/h9-12H,3-8,13H2,1-2H3. The predicted octanol–water partition coefficient (Wildman–Crippen LogP) is 1.84.